The van der Waals surface area contributed by atoms with Gasteiger partial charge in [0.05, 0.1) is 0 Å². The Morgan fingerprint density at radius 3 is 2.48 bits per heavy atom. The van der Waals surface area contributed by atoms with Crippen molar-refractivity contribution in [2.24, 2.45) is 5.73 Å². The maximum absolute atomic E-state index is 11.4. The van der Waals surface area contributed by atoms with Gasteiger partial charge in [-0.25, -0.2) is 0 Å². The summed E-state index contributed by atoms with van der Waals surface area (Å²) in [7, 11) is 0. The van der Waals surface area contributed by atoms with E-state index in [-0.39, 0.29) is 5.91 Å². The molecule has 0 aromatic heterocycles. The van der Waals surface area contributed by atoms with Gasteiger partial charge in [-0.15, -0.1) is 0 Å². The van der Waals surface area contributed by atoms with Gasteiger partial charge in [-0.3, -0.25) is 4.79 Å². The third-order valence-electron chi connectivity index (χ3n) is 5.89. The van der Waals surface area contributed by atoms with E-state index in [0.717, 1.165) is 17.2 Å². The number of primary amides is 1. The molecule has 25 heavy (non-hydrogen) atoms. The van der Waals surface area contributed by atoms with Crippen molar-refractivity contribution >= 4 is 5.91 Å². The van der Waals surface area contributed by atoms with Crippen LogP contribution in [-0.2, 0) is 12.8 Å². The molecule has 0 bridgehead atoms. The van der Waals surface area contributed by atoms with E-state index in [9.17, 15) is 4.79 Å². The van der Waals surface area contributed by atoms with Crippen LogP contribution in [0.4, 0.5) is 0 Å². The number of nitrogens with two attached hydrogens (primary N) is 1. The molecule has 0 radical (unpaired) electrons. The Hall–Kier alpha value is -2.13. The standard InChI is InChI=1S/C22H26N2O/c1-15-12-16(7-9-21(15)22(23)25)17-4-5-19-14-20(8-6-18(19)13-17)24-10-2-3-11-24/h4-5,7,9,12-13,20H,2-3,6,8,10-11,14H2,1H3,(H2,23,25). The summed E-state index contributed by atoms with van der Waals surface area (Å²) < 4.78 is 0. The van der Waals surface area contributed by atoms with Crippen LogP contribution in [0, 0.1) is 6.92 Å². The lowest BCUT2D eigenvalue weighted by molar-refractivity contribution is 0.0999. The topological polar surface area (TPSA) is 46.3 Å². The van der Waals surface area contributed by atoms with Crippen molar-refractivity contribution < 1.29 is 4.79 Å². The van der Waals surface area contributed by atoms with Crippen molar-refractivity contribution in [3.63, 3.8) is 0 Å². The number of hydrogen-bond donors (Lipinski definition) is 1. The second-order valence-corrected chi connectivity index (χ2v) is 7.52. The zero-order valence-electron chi connectivity index (χ0n) is 14.9. The molecule has 0 saturated carbocycles. The minimum Gasteiger partial charge on any atom is -0.366 e. The molecule has 1 heterocycles. The predicted octanol–water partition coefficient (Wildman–Crippen LogP) is 3.71. The van der Waals surface area contributed by atoms with Crippen LogP contribution in [0.15, 0.2) is 36.4 Å². The Bertz CT molecular complexity index is 806. The van der Waals surface area contributed by atoms with E-state index in [1.807, 2.05) is 19.1 Å². The van der Waals surface area contributed by atoms with Gasteiger partial charge in [0.15, 0.2) is 0 Å². The number of rotatable bonds is 3. The van der Waals surface area contributed by atoms with Crippen LogP contribution in [-0.4, -0.2) is 29.9 Å². The van der Waals surface area contributed by atoms with Crippen LogP contribution in [0.5, 0.6) is 0 Å². The number of likely N-dealkylation sites (tertiary alicyclic amines) is 1. The highest BCUT2D eigenvalue weighted by Crippen LogP contribution is 2.31. The Morgan fingerprint density at radius 2 is 1.76 bits per heavy atom. The predicted molar refractivity (Wildman–Crippen MR) is 102 cm³/mol. The van der Waals surface area contributed by atoms with Crippen molar-refractivity contribution in [2.75, 3.05) is 13.1 Å². The fraction of sp³-hybridized carbons (Fsp3) is 0.409. The van der Waals surface area contributed by atoms with E-state index in [2.05, 4.69) is 29.2 Å². The summed E-state index contributed by atoms with van der Waals surface area (Å²) in [4.78, 5) is 14.1. The highest BCUT2D eigenvalue weighted by Gasteiger charge is 2.26. The molecular weight excluding hydrogens is 308 g/mol. The molecule has 2 aliphatic rings. The number of fused-ring (bicyclic) bond motifs is 1. The van der Waals surface area contributed by atoms with Gasteiger partial charge in [0.1, 0.15) is 0 Å². The van der Waals surface area contributed by atoms with Crippen LogP contribution < -0.4 is 5.73 Å². The maximum atomic E-state index is 11.4. The third-order valence-corrected chi connectivity index (χ3v) is 5.89. The average Bonchev–Trinajstić information content (AvgIpc) is 3.15. The van der Waals surface area contributed by atoms with Crippen LogP contribution in [0.1, 0.15) is 46.3 Å². The highest BCUT2D eigenvalue weighted by atomic mass is 16.1. The molecule has 130 valence electrons. The molecule has 4 rings (SSSR count). The maximum Gasteiger partial charge on any atom is 0.248 e. The molecule has 1 unspecified atom stereocenters. The van der Waals surface area contributed by atoms with E-state index < -0.39 is 0 Å². The Kier molecular flexibility index (Phi) is 4.34. The lowest BCUT2D eigenvalue weighted by Gasteiger charge is -2.32. The van der Waals surface area contributed by atoms with Crippen molar-refractivity contribution in [1.82, 2.24) is 4.90 Å². The third kappa shape index (κ3) is 3.21. The summed E-state index contributed by atoms with van der Waals surface area (Å²) in [5.41, 5.74) is 12.4. The number of carbonyl (C=O) groups excluding carboxylic acids is 1. The molecule has 1 fully saturated rings. The van der Waals surface area contributed by atoms with Crippen LogP contribution in [0.25, 0.3) is 11.1 Å². The first-order valence-corrected chi connectivity index (χ1v) is 9.38. The number of aryl methyl sites for hydroxylation is 2. The van der Waals surface area contributed by atoms with E-state index in [0.29, 0.717) is 5.56 Å². The van der Waals surface area contributed by atoms with E-state index in [1.165, 1.54) is 61.9 Å². The van der Waals surface area contributed by atoms with Crippen molar-refractivity contribution in [3.8, 4) is 11.1 Å². The van der Waals surface area contributed by atoms with Gasteiger partial charge in [-0.2, -0.15) is 0 Å². The van der Waals surface area contributed by atoms with E-state index >= 15 is 0 Å². The molecule has 1 saturated heterocycles. The van der Waals surface area contributed by atoms with E-state index in [1.54, 1.807) is 0 Å². The van der Waals surface area contributed by atoms with Gasteiger partial charge in [0, 0.05) is 11.6 Å². The molecule has 0 spiro atoms. The van der Waals surface area contributed by atoms with Gasteiger partial charge in [-0.05, 0) is 86.0 Å². The zero-order valence-corrected chi connectivity index (χ0v) is 14.9. The van der Waals surface area contributed by atoms with Crippen molar-refractivity contribution in [2.45, 2.75) is 45.1 Å². The number of hydrogen-bond acceptors (Lipinski definition) is 2. The minimum atomic E-state index is -0.359. The number of benzene rings is 2. The second kappa shape index (κ2) is 6.64. The number of nitrogens with zero attached hydrogens (tertiary/aromatic N) is 1. The largest absolute Gasteiger partial charge is 0.366 e. The molecule has 1 amide bonds. The number of carbonyl (C=O) groups is 1. The van der Waals surface area contributed by atoms with Crippen molar-refractivity contribution in [3.05, 3.63) is 58.7 Å². The molecule has 1 atom stereocenters. The summed E-state index contributed by atoms with van der Waals surface area (Å²) in [6.07, 6.45) is 6.36. The lowest BCUT2D eigenvalue weighted by atomic mass is 9.85. The zero-order chi connectivity index (χ0) is 17.4. The summed E-state index contributed by atoms with van der Waals surface area (Å²) in [5, 5.41) is 0. The summed E-state index contributed by atoms with van der Waals surface area (Å²) in [6.45, 7) is 4.51. The first kappa shape index (κ1) is 16.3. The minimum absolute atomic E-state index is 0.359. The summed E-state index contributed by atoms with van der Waals surface area (Å²) >= 11 is 0. The molecule has 2 aromatic carbocycles. The van der Waals surface area contributed by atoms with Crippen LogP contribution >= 0.6 is 0 Å². The molecule has 2 aromatic rings. The van der Waals surface area contributed by atoms with Crippen LogP contribution in [0.3, 0.4) is 0 Å². The smallest absolute Gasteiger partial charge is 0.248 e. The van der Waals surface area contributed by atoms with Crippen LogP contribution in [0.2, 0.25) is 0 Å². The Balaban J connectivity index is 1.58. The monoisotopic (exact) mass is 334 g/mol. The molecule has 2 N–H and O–H groups in total. The average molecular weight is 334 g/mol. The first-order chi connectivity index (χ1) is 12.1. The highest BCUT2D eigenvalue weighted by molar-refractivity contribution is 5.94. The Morgan fingerprint density at radius 1 is 1.04 bits per heavy atom. The van der Waals surface area contributed by atoms with Gasteiger partial charge >= 0.3 is 0 Å². The normalized spacial score (nSPS) is 20.4. The molecule has 3 nitrogen and oxygen atoms in total. The van der Waals surface area contributed by atoms with Gasteiger partial charge in [0.2, 0.25) is 5.91 Å². The molecule has 3 heteroatoms. The molecular formula is C22H26N2O. The fourth-order valence-electron chi connectivity index (χ4n) is 4.45. The summed E-state index contributed by atoms with van der Waals surface area (Å²) in [6, 6.07) is 13.5. The van der Waals surface area contributed by atoms with Crippen molar-refractivity contribution in [1.29, 1.82) is 0 Å². The SMILES string of the molecule is Cc1cc(-c2ccc3c(c2)CCC(N2CCCC2)C3)ccc1C(N)=O. The number of amides is 1. The fourth-order valence-corrected chi connectivity index (χ4v) is 4.45. The van der Waals surface area contributed by atoms with Gasteiger partial charge in [-0.1, -0.05) is 30.3 Å². The summed E-state index contributed by atoms with van der Waals surface area (Å²) in [5.74, 6) is -0.359. The molecule has 1 aliphatic carbocycles. The Labute approximate surface area is 149 Å². The van der Waals surface area contributed by atoms with Gasteiger partial charge in [0.25, 0.3) is 0 Å². The first-order valence-electron chi connectivity index (χ1n) is 9.38. The van der Waals surface area contributed by atoms with Gasteiger partial charge < -0.3 is 10.6 Å². The second-order valence-electron chi connectivity index (χ2n) is 7.52. The lowest BCUT2D eigenvalue weighted by Crippen LogP contribution is -2.37. The van der Waals surface area contributed by atoms with E-state index in [4.69, 9.17) is 5.73 Å². The molecule has 1 aliphatic heterocycles. The quantitative estimate of drug-likeness (QED) is 0.930.